The average Bonchev–Trinajstić information content (AvgIpc) is 2.83. The minimum Gasteiger partial charge on any atom is -0.463 e. The van der Waals surface area contributed by atoms with Gasteiger partial charge in [0.05, 0.1) is 24.6 Å². The smallest absolute Gasteiger partial charge is 0.305 e. The predicted molar refractivity (Wildman–Crippen MR) is 130 cm³/mol. The van der Waals surface area contributed by atoms with Crippen molar-refractivity contribution < 1.29 is 24.2 Å². The Kier molecular flexibility index (Phi) is 9.69. The van der Waals surface area contributed by atoms with E-state index >= 15 is 0 Å². The van der Waals surface area contributed by atoms with E-state index in [2.05, 4.69) is 5.32 Å². The molecule has 7 heteroatoms. The van der Waals surface area contributed by atoms with Crippen LogP contribution in [0, 0.1) is 11.8 Å². The Morgan fingerprint density at radius 1 is 1.18 bits per heavy atom. The summed E-state index contributed by atoms with van der Waals surface area (Å²) in [4.78, 5) is 40.3. The topological polar surface area (TPSA) is 95.9 Å². The lowest BCUT2D eigenvalue weighted by Crippen LogP contribution is -2.49. The number of esters is 1. The van der Waals surface area contributed by atoms with E-state index in [0.717, 1.165) is 30.4 Å². The van der Waals surface area contributed by atoms with Crippen molar-refractivity contribution in [2.24, 2.45) is 11.8 Å². The van der Waals surface area contributed by atoms with Gasteiger partial charge < -0.3 is 20.1 Å². The van der Waals surface area contributed by atoms with Gasteiger partial charge in [-0.1, -0.05) is 50.3 Å². The van der Waals surface area contributed by atoms with Gasteiger partial charge in [-0.3, -0.25) is 14.4 Å². The lowest BCUT2D eigenvalue weighted by molar-refractivity contribution is -0.146. The minimum atomic E-state index is -0.528. The van der Waals surface area contributed by atoms with Crippen LogP contribution in [0.2, 0.25) is 0 Å². The molecule has 34 heavy (non-hydrogen) atoms. The van der Waals surface area contributed by atoms with Crippen LogP contribution in [0.4, 0.5) is 0 Å². The Hall–Kier alpha value is -2.67. The first-order valence-corrected chi connectivity index (χ1v) is 12.5. The summed E-state index contributed by atoms with van der Waals surface area (Å²) >= 11 is 0. The number of rotatable bonds is 4. The zero-order valence-electron chi connectivity index (χ0n) is 20.4. The molecule has 2 heterocycles. The van der Waals surface area contributed by atoms with Crippen molar-refractivity contribution in [1.82, 2.24) is 10.2 Å². The van der Waals surface area contributed by atoms with Gasteiger partial charge in [-0.25, -0.2) is 0 Å². The Morgan fingerprint density at radius 3 is 2.68 bits per heavy atom. The molecule has 0 bridgehead atoms. The van der Waals surface area contributed by atoms with Crippen LogP contribution < -0.4 is 5.32 Å². The molecule has 0 saturated heterocycles. The lowest BCUT2D eigenvalue weighted by Gasteiger charge is -2.36. The summed E-state index contributed by atoms with van der Waals surface area (Å²) in [6.07, 6.45) is 7.99. The first-order valence-electron chi connectivity index (χ1n) is 12.5. The second-order valence-corrected chi connectivity index (χ2v) is 9.73. The standard InChI is InChI=1S/C27H38N2O5/c1-19(2)24-18-34-26(32)13-7-5-3-4-6-11-21(27(33)28-24)15-25(31)29-16-22-12-9-8-10-20(22)14-23(29)17-30/h4,6,8-10,12,19,21,23-24,30H,3,5,7,11,13-18H2,1-2H3,(H,28,33)/t21-,23+,24-/m1/s1. The molecule has 0 radical (unpaired) electrons. The Labute approximate surface area is 202 Å². The molecule has 0 unspecified atom stereocenters. The molecule has 1 aromatic carbocycles. The van der Waals surface area contributed by atoms with E-state index in [-0.39, 0.29) is 55.4 Å². The fourth-order valence-corrected chi connectivity index (χ4v) is 4.52. The molecule has 7 nitrogen and oxygen atoms in total. The molecule has 3 rings (SSSR count). The molecule has 3 atom stereocenters. The SMILES string of the molecule is CC(C)[C@H]1COC(=O)CCCCC=CC[C@H](CC(=O)N2Cc3ccccc3C[C@H]2CO)C(=O)N1. The number of benzene rings is 1. The summed E-state index contributed by atoms with van der Waals surface area (Å²) in [7, 11) is 0. The van der Waals surface area contributed by atoms with E-state index in [4.69, 9.17) is 4.74 Å². The van der Waals surface area contributed by atoms with Crippen LogP contribution in [-0.2, 0) is 32.1 Å². The Bertz CT molecular complexity index is 882. The van der Waals surface area contributed by atoms with Gasteiger partial charge in [0.25, 0.3) is 0 Å². The van der Waals surface area contributed by atoms with Crippen LogP contribution in [0.1, 0.15) is 63.5 Å². The molecule has 186 valence electrons. The number of nitrogens with zero attached hydrogens (tertiary/aromatic N) is 1. The van der Waals surface area contributed by atoms with E-state index in [1.807, 2.05) is 50.3 Å². The highest BCUT2D eigenvalue weighted by molar-refractivity contribution is 5.86. The molecule has 2 aliphatic rings. The van der Waals surface area contributed by atoms with Crippen LogP contribution in [0.3, 0.4) is 0 Å². The molecule has 2 amide bonds. The van der Waals surface area contributed by atoms with Crippen molar-refractivity contribution in [2.45, 2.75) is 77.4 Å². The number of hydrogen-bond donors (Lipinski definition) is 2. The molecule has 2 N–H and O–H groups in total. The van der Waals surface area contributed by atoms with Gasteiger partial charge in [0.15, 0.2) is 0 Å². The molecule has 0 saturated carbocycles. The van der Waals surface area contributed by atoms with Crippen LogP contribution in [-0.4, -0.2) is 53.1 Å². The third kappa shape index (κ3) is 7.16. The highest BCUT2D eigenvalue weighted by Gasteiger charge is 2.32. The third-order valence-electron chi connectivity index (χ3n) is 6.82. The van der Waals surface area contributed by atoms with E-state index in [1.54, 1.807) is 4.90 Å². The maximum absolute atomic E-state index is 13.4. The van der Waals surface area contributed by atoms with E-state index in [1.165, 1.54) is 0 Å². The van der Waals surface area contributed by atoms with Crippen LogP contribution in [0.15, 0.2) is 36.4 Å². The normalized spacial score (nSPS) is 24.7. The zero-order chi connectivity index (χ0) is 24.5. The monoisotopic (exact) mass is 470 g/mol. The summed E-state index contributed by atoms with van der Waals surface area (Å²) in [6, 6.07) is 7.37. The van der Waals surface area contributed by atoms with Crippen LogP contribution in [0.5, 0.6) is 0 Å². The largest absolute Gasteiger partial charge is 0.463 e. The number of aliphatic hydroxyl groups is 1. The number of cyclic esters (lactones) is 1. The third-order valence-corrected chi connectivity index (χ3v) is 6.82. The number of fused-ring (bicyclic) bond motifs is 1. The summed E-state index contributed by atoms with van der Waals surface area (Å²) in [6.45, 7) is 4.40. The summed E-state index contributed by atoms with van der Waals surface area (Å²) in [5.74, 6) is -1.03. The Morgan fingerprint density at radius 2 is 1.94 bits per heavy atom. The average molecular weight is 471 g/mol. The number of carbonyl (C=O) groups is 3. The molecule has 0 fully saturated rings. The molecule has 2 aliphatic heterocycles. The second kappa shape index (κ2) is 12.7. The van der Waals surface area contributed by atoms with Crippen LogP contribution >= 0.6 is 0 Å². The van der Waals surface area contributed by atoms with Gasteiger partial charge in [0, 0.05) is 19.4 Å². The highest BCUT2D eigenvalue weighted by atomic mass is 16.5. The summed E-state index contributed by atoms with van der Waals surface area (Å²) < 4.78 is 5.41. The van der Waals surface area contributed by atoms with Gasteiger partial charge in [0.1, 0.15) is 6.61 Å². The zero-order valence-corrected chi connectivity index (χ0v) is 20.4. The number of carbonyl (C=O) groups excluding carboxylic acids is 3. The Balaban J connectivity index is 1.74. The number of aliphatic hydroxyl groups excluding tert-OH is 1. The van der Waals surface area contributed by atoms with Crippen molar-refractivity contribution >= 4 is 17.8 Å². The van der Waals surface area contributed by atoms with Crippen molar-refractivity contribution in [3.05, 3.63) is 47.5 Å². The van der Waals surface area contributed by atoms with Crippen molar-refractivity contribution in [3.63, 3.8) is 0 Å². The van der Waals surface area contributed by atoms with E-state index in [0.29, 0.717) is 25.8 Å². The number of nitrogens with one attached hydrogen (secondary N) is 1. The summed E-state index contributed by atoms with van der Waals surface area (Å²) in [5, 5.41) is 13.0. The van der Waals surface area contributed by atoms with Crippen LogP contribution in [0.25, 0.3) is 0 Å². The van der Waals surface area contributed by atoms with E-state index < -0.39 is 5.92 Å². The molecule has 0 spiro atoms. The summed E-state index contributed by atoms with van der Waals surface area (Å²) in [5.41, 5.74) is 2.23. The first kappa shape index (κ1) is 25.9. The maximum atomic E-state index is 13.4. The second-order valence-electron chi connectivity index (χ2n) is 9.73. The highest BCUT2D eigenvalue weighted by Crippen LogP contribution is 2.25. The van der Waals surface area contributed by atoms with Crippen molar-refractivity contribution in [2.75, 3.05) is 13.2 Å². The quantitative estimate of drug-likeness (QED) is 0.521. The molecular formula is C27H38N2O5. The van der Waals surface area contributed by atoms with Gasteiger partial charge >= 0.3 is 5.97 Å². The number of allylic oxidation sites excluding steroid dienone is 2. The number of ether oxygens (including phenoxy) is 1. The fraction of sp³-hybridized carbons (Fsp3) is 0.593. The van der Waals surface area contributed by atoms with Crippen molar-refractivity contribution in [3.8, 4) is 0 Å². The van der Waals surface area contributed by atoms with Crippen molar-refractivity contribution in [1.29, 1.82) is 0 Å². The van der Waals surface area contributed by atoms with E-state index in [9.17, 15) is 19.5 Å². The first-order chi connectivity index (χ1) is 16.4. The number of amides is 2. The lowest BCUT2D eigenvalue weighted by atomic mass is 9.92. The van der Waals surface area contributed by atoms with Gasteiger partial charge in [-0.05, 0) is 49.1 Å². The number of hydrogen-bond acceptors (Lipinski definition) is 5. The maximum Gasteiger partial charge on any atom is 0.305 e. The molecular weight excluding hydrogens is 432 g/mol. The van der Waals surface area contributed by atoms with Gasteiger partial charge in [-0.2, -0.15) is 0 Å². The fourth-order valence-electron chi connectivity index (χ4n) is 4.52. The van der Waals surface area contributed by atoms with Gasteiger partial charge in [-0.15, -0.1) is 0 Å². The minimum absolute atomic E-state index is 0.0689. The molecule has 0 aliphatic carbocycles. The molecule has 1 aromatic rings. The predicted octanol–water partition coefficient (Wildman–Crippen LogP) is 3.14. The molecule has 0 aromatic heterocycles. The van der Waals surface area contributed by atoms with Gasteiger partial charge in [0.2, 0.25) is 11.8 Å².